The number of amides is 1. The predicted octanol–water partition coefficient (Wildman–Crippen LogP) is 4.79. The van der Waals surface area contributed by atoms with Crippen LogP contribution in [0.15, 0.2) is 34.3 Å². The Morgan fingerprint density at radius 3 is 2.59 bits per heavy atom. The number of hydrogen-bond donors (Lipinski definition) is 0. The van der Waals surface area contributed by atoms with Gasteiger partial charge in [-0.3, -0.25) is 0 Å². The molecular weight excluding hydrogens is 348 g/mol. The number of rotatable bonds is 4. The molecule has 0 spiro atoms. The predicted molar refractivity (Wildman–Crippen MR) is 86.5 cm³/mol. The van der Waals surface area contributed by atoms with E-state index >= 15 is 0 Å². The number of carbonyl (C=O) groups is 1. The number of benzene rings is 1. The van der Waals surface area contributed by atoms with Crippen molar-refractivity contribution in [2.75, 3.05) is 13.1 Å². The first-order chi connectivity index (χ1) is 10.5. The van der Waals surface area contributed by atoms with Crippen LogP contribution in [-0.2, 0) is 0 Å². The van der Waals surface area contributed by atoms with Crippen LogP contribution in [0.3, 0.4) is 0 Å². The lowest BCUT2D eigenvalue weighted by Gasteiger charge is -2.17. The number of nitrogens with zero attached hydrogens (tertiary/aromatic N) is 3. The highest BCUT2D eigenvalue weighted by Crippen LogP contribution is 2.37. The molecule has 0 aliphatic heterocycles. The fraction of sp³-hybridized carbons (Fsp3) is 0.286. The van der Waals surface area contributed by atoms with Gasteiger partial charge in [-0.25, -0.2) is 9.18 Å². The normalized spacial score (nSPS) is 10.8. The summed E-state index contributed by atoms with van der Waals surface area (Å²) >= 11 is 13.1. The van der Waals surface area contributed by atoms with Crippen LogP contribution in [0, 0.1) is 5.82 Å². The largest absolute Gasteiger partial charge is 0.344 e. The topological polar surface area (TPSA) is 38.1 Å². The standard InChI is InChI=1S/C14H14Cl2FN3OS/c1-3-19(4-2)14(21)20-8-10(16)13(18-20)22-12-9(15)6-5-7-11(12)17/h5-8H,3-4H2,1-2H3. The average molecular weight is 362 g/mol. The van der Waals surface area contributed by atoms with Crippen LogP contribution >= 0.6 is 35.0 Å². The van der Waals surface area contributed by atoms with Gasteiger partial charge in [-0.05, 0) is 26.0 Å². The summed E-state index contributed by atoms with van der Waals surface area (Å²) in [5, 5.41) is 5.00. The van der Waals surface area contributed by atoms with E-state index in [0.29, 0.717) is 18.1 Å². The van der Waals surface area contributed by atoms with Crippen molar-refractivity contribution >= 4 is 41.0 Å². The minimum atomic E-state index is -0.460. The quantitative estimate of drug-likeness (QED) is 0.785. The van der Waals surface area contributed by atoms with Gasteiger partial charge in [0.15, 0.2) is 0 Å². The van der Waals surface area contributed by atoms with Crippen LogP contribution in [0.5, 0.6) is 0 Å². The summed E-state index contributed by atoms with van der Waals surface area (Å²) in [6, 6.07) is 4.13. The summed E-state index contributed by atoms with van der Waals surface area (Å²) in [6.07, 6.45) is 1.42. The van der Waals surface area contributed by atoms with Gasteiger partial charge in [0.25, 0.3) is 0 Å². The van der Waals surface area contributed by atoms with E-state index in [9.17, 15) is 9.18 Å². The molecule has 1 aromatic heterocycles. The van der Waals surface area contributed by atoms with Gasteiger partial charge in [-0.2, -0.15) is 9.78 Å². The molecule has 0 aliphatic carbocycles. The van der Waals surface area contributed by atoms with Gasteiger partial charge in [0.2, 0.25) is 0 Å². The Balaban J connectivity index is 2.29. The first kappa shape index (κ1) is 17.1. The Bertz CT molecular complexity index is 668. The van der Waals surface area contributed by atoms with E-state index in [-0.39, 0.29) is 21.0 Å². The van der Waals surface area contributed by atoms with Crippen LogP contribution in [0.1, 0.15) is 13.8 Å². The Kier molecular flexibility index (Phi) is 5.72. The molecule has 4 nitrogen and oxygen atoms in total. The SMILES string of the molecule is CCN(CC)C(=O)n1cc(Cl)c(Sc2c(F)cccc2Cl)n1. The van der Waals surface area contributed by atoms with Crippen molar-refractivity contribution in [2.45, 2.75) is 23.8 Å². The zero-order valence-electron chi connectivity index (χ0n) is 12.0. The molecule has 2 rings (SSSR count). The number of halogens is 3. The lowest BCUT2D eigenvalue weighted by molar-refractivity contribution is 0.201. The molecule has 1 amide bonds. The molecule has 0 unspecified atom stereocenters. The minimum Gasteiger partial charge on any atom is -0.323 e. The first-order valence-corrected chi connectivity index (χ1v) is 8.21. The third kappa shape index (κ3) is 3.56. The third-order valence-corrected chi connectivity index (χ3v) is 4.92. The third-order valence-electron chi connectivity index (χ3n) is 2.99. The molecule has 2 aromatic rings. The van der Waals surface area contributed by atoms with Crippen LogP contribution in [0.2, 0.25) is 10.0 Å². The van der Waals surface area contributed by atoms with E-state index in [1.54, 1.807) is 11.0 Å². The van der Waals surface area contributed by atoms with Crippen molar-refractivity contribution < 1.29 is 9.18 Å². The van der Waals surface area contributed by atoms with Crippen LogP contribution in [0.4, 0.5) is 9.18 Å². The molecule has 22 heavy (non-hydrogen) atoms. The summed E-state index contributed by atoms with van der Waals surface area (Å²) in [7, 11) is 0. The molecule has 0 saturated carbocycles. The lowest BCUT2D eigenvalue weighted by Crippen LogP contribution is -2.34. The second-order valence-electron chi connectivity index (χ2n) is 4.33. The average Bonchev–Trinajstić information content (AvgIpc) is 2.85. The monoisotopic (exact) mass is 361 g/mol. The summed E-state index contributed by atoms with van der Waals surface area (Å²) in [4.78, 5) is 14.1. The number of aromatic nitrogens is 2. The Morgan fingerprint density at radius 1 is 1.32 bits per heavy atom. The zero-order chi connectivity index (χ0) is 16.3. The maximum atomic E-state index is 13.8. The number of carbonyl (C=O) groups excluding carboxylic acids is 1. The van der Waals surface area contributed by atoms with E-state index < -0.39 is 5.82 Å². The zero-order valence-corrected chi connectivity index (χ0v) is 14.3. The molecule has 0 radical (unpaired) electrons. The highest BCUT2D eigenvalue weighted by Gasteiger charge is 2.19. The molecule has 0 bridgehead atoms. The van der Waals surface area contributed by atoms with Gasteiger partial charge in [0.05, 0.1) is 21.1 Å². The maximum absolute atomic E-state index is 13.8. The first-order valence-electron chi connectivity index (χ1n) is 6.64. The smallest absolute Gasteiger partial charge is 0.323 e. The minimum absolute atomic E-state index is 0.228. The van der Waals surface area contributed by atoms with E-state index in [2.05, 4.69) is 5.10 Å². The Labute approximate surface area is 142 Å². The van der Waals surface area contributed by atoms with Crippen molar-refractivity contribution in [1.29, 1.82) is 0 Å². The highest BCUT2D eigenvalue weighted by molar-refractivity contribution is 7.99. The van der Waals surface area contributed by atoms with E-state index in [1.807, 2.05) is 13.8 Å². The second-order valence-corrected chi connectivity index (χ2v) is 6.15. The van der Waals surface area contributed by atoms with E-state index in [1.165, 1.54) is 18.3 Å². The lowest BCUT2D eigenvalue weighted by atomic mass is 10.3. The van der Waals surface area contributed by atoms with Crippen molar-refractivity contribution in [3.8, 4) is 0 Å². The molecule has 8 heteroatoms. The van der Waals surface area contributed by atoms with Crippen molar-refractivity contribution in [2.24, 2.45) is 0 Å². The Hall–Kier alpha value is -1.24. The van der Waals surface area contributed by atoms with Gasteiger partial charge in [-0.15, -0.1) is 0 Å². The fourth-order valence-corrected chi connectivity index (χ4v) is 3.15. The second kappa shape index (κ2) is 7.35. The molecule has 0 N–H and O–H groups in total. The molecule has 1 heterocycles. The molecule has 0 fully saturated rings. The van der Waals surface area contributed by atoms with Crippen molar-refractivity contribution in [1.82, 2.24) is 14.7 Å². The summed E-state index contributed by atoms with van der Waals surface area (Å²) in [5.74, 6) is -0.460. The van der Waals surface area contributed by atoms with Crippen molar-refractivity contribution in [3.05, 3.63) is 40.3 Å². The van der Waals surface area contributed by atoms with Gasteiger partial charge in [0, 0.05) is 13.1 Å². The molecule has 0 saturated heterocycles. The van der Waals surface area contributed by atoms with Gasteiger partial charge < -0.3 is 4.90 Å². The summed E-state index contributed by atoms with van der Waals surface area (Å²) < 4.78 is 15.0. The van der Waals surface area contributed by atoms with Gasteiger partial charge >= 0.3 is 6.03 Å². The maximum Gasteiger partial charge on any atom is 0.344 e. The van der Waals surface area contributed by atoms with Crippen LogP contribution in [0.25, 0.3) is 0 Å². The molecular formula is C14H14Cl2FN3OS. The van der Waals surface area contributed by atoms with E-state index in [4.69, 9.17) is 23.2 Å². The Morgan fingerprint density at radius 2 is 2.00 bits per heavy atom. The fourth-order valence-electron chi connectivity index (χ4n) is 1.82. The molecule has 0 atom stereocenters. The summed E-state index contributed by atoms with van der Waals surface area (Å²) in [5.41, 5.74) is 0. The number of hydrogen-bond acceptors (Lipinski definition) is 3. The molecule has 0 aliphatic rings. The molecule has 1 aromatic carbocycles. The van der Waals surface area contributed by atoms with Gasteiger partial charge in [-0.1, -0.05) is 41.0 Å². The van der Waals surface area contributed by atoms with Crippen molar-refractivity contribution in [3.63, 3.8) is 0 Å². The highest BCUT2D eigenvalue weighted by atomic mass is 35.5. The van der Waals surface area contributed by atoms with Gasteiger partial charge in [0.1, 0.15) is 10.8 Å². The molecule has 118 valence electrons. The van der Waals surface area contributed by atoms with Crippen LogP contribution < -0.4 is 0 Å². The van der Waals surface area contributed by atoms with E-state index in [0.717, 1.165) is 16.4 Å². The summed E-state index contributed by atoms with van der Waals surface area (Å²) in [6.45, 7) is 4.88. The van der Waals surface area contributed by atoms with Crippen LogP contribution in [-0.4, -0.2) is 33.8 Å².